The summed E-state index contributed by atoms with van der Waals surface area (Å²) < 4.78 is 37.5. The fourth-order valence-corrected chi connectivity index (χ4v) is 2.43. The maximum Gasteiger partial charge on any atom is 0.167 e. The van der Waals surface area contributed by atoms with Gasteiger partial charge in [0.2, 0.25) is 0 Å². The van der Waals surface area contributed by atoms with Gasteiger partial charge in [0, 0.05) is 11.6 Å². The summed E-state index contributed by atoms with van der Waals surface area (Å²) >= 11 is 0. The van der Waals surface area contributed by atoms with E-state index in [2.05, 4.69) is 10.5 Å². The number of rotatable bonds is 7. The third-order valence-electron chi connectivity index (χ3n) is 3.76. The van der Waals surface area contributed by atoms with Crippen LogP contribution in [0.3, 0.4) is 0 Å². The summed E-state index contributed by atoms with van der Waals surface area (Å²) in [5.74, 6) is -0.825. The van der Waals surface area contributed by atoms with Gasteiger partial charge in [-0.3, -0.25) is 5.43 Å². The van der Waals surface area contributed by atoms with Crippen LogP contribution in [0.1, 0.15) is 11.1 Å². The topological polar surface area (TPSA) is 42.8 Å². The Hall–Kier alpha value is -3.41. The average molecular weight is 368 g/mol. The lowest BCUT2D eigenvalue weighted by Gasteiger charge is -2.11. The molecule has 0 fully saturated rings. The quantitative estimate of drug-likeness (QED) is 0.471. The number of para-hydroxylation sites is 1. The van der Waals surface area contributed by atoms with Gasteiger partial charge >= 0.3 is 0 Å². The molecule has 0 unspecified atom stereocenters. The number of hydrogen-bond acceptors (Lipinski definition) is 4. The zero-order chi connectivity index (χ0) is 19.1. The van der Waals surface area contributed by atoms with Crippen molar-refractivity contribution < 1.29 is 18.3 Å². The Bertz CT molecular complexity index is 931. The van der Waals surface area contributed by atoms with Crippen molar-refractivity contribution in [3.8, 4) is 11.5 Å². The van der Waals surface area contributed by atoms with Gasteiger partial charge in [0.25, 0.3) is 0 Å². The third-order valence-corrected chi connectivity index (χ3v) is 3.76. The number of nitrogens with one attached hydrogen (secondary N) is 1. The molecular weight excluding hydrogens is 350 g/mol. The summed E-state index contributed by atoms with van der Waals surface area (Å²) in [5, 5.41) is 4.19. The summed E-state index contributed by atoms with van der Waals surface area (Å²) in [7, 11) is 1.54. The Morgan fingerprint density at radius 2 is 1.74 bits per heavy atom. The third kappa shape index (κ3) is 5.04. The molecule has 3 rings (SSSR count). The SMILES string of the molecule is COc1ccc(/C=N/Nc2ccccc2)cc1COc1ccc(F)cc1F. The molecule has 27 heavy (non-hydrogen) atoms. The van der Waals surface area contributed by atoms with E-state index in [1.54, 1.807) is 19.4 Å². The van der Waals surface area contributed by atoms with Crippen molar-refractivity contribution in [2.24, 2.45) is 5.10 Å². The molecular formula is C21H18F2N2O2. The number of ether oxygens (including phenoxy) is 2. The van der Waals surface area contributed by atoms with E-state index in [0.29, 0.717) is 11.3 Å². The Balaban J connectivity index is 1.71. The number of benzene rings is 3. The van der Waals surface area contributed by atoms with Crippen molar-refractivity contribution in [3.63, 3.8) is 0 Å². The lowest BCUT2D eigenvalue weighted by Crippen LogP contribution is -2.01. The van der Waals surface area contributed by atoms with Gasteiger partial charge in [-0.15, -0.1) is 0 Å². The molecule has 0 spiro atoms. The highest BCUT2D eigenvalue weighted by Gasteiger charge is 2.09. The molecule has 6 heteroatoms. The van der Waals surface area contributed by atoms with E-state index in [0.717, 1.165) is 23.4 Å². The van der Waals surface area contributed by atoms with Crippen molar-refractivity contribution in [2.75, 3.05) is 12.5 Å². The molecule has 0 aliphatic carbocycles. The first-order chi connectivity index (χ1) is 13.2. The van der Waals surface area contributed by atoms with Crippen LogP contribution in [-0.2, 0) is 6.61 Å². The zero-order valence-corrected chi connectivity index (χ0v) is 14.7. The molecule has 0 aromatic heterocycles. The van der Waals surface area contributed by atoms with E-state index in [-0.39, 0.29) is 12.4 Å². The van der Waals surface area contributed by atoms with Crippen LogP contribution in [0.2, 0.25) is 0 Å². The Morgan fingerprint density at radius 1 is 0.963 bits per heavy atom. The van der Waals surface area contributed by atoms with Gasteiger partial charge < -0.3 is 9.47 Å². The van der Waals surface area contributed by atoms with Gasteiger partial charge in [-0.05, 0) is 48.0 Å². The van der Waals surface area contributed by atoms with Crippen molar-refractivity contribution in [3.05, 3.63) is 89.5 Å². The van der Waals surface area contributed by atoms with Crippen LogP contribution >= 0.6 is 0 Å². The lowest BCUT2D eigenvalue weighted by atomic mass is 10.1. The van der Waals surface area contributed by atoms with Crippen LogP contribution in [0, 0.1) is 11.6 Å². The lowest BCUT2D eigenvalue weighted by molar-refractivity contribution is 0.282. The fourth-order valence-electron chi connectivity index (χ4n) is 2.43. The maximum atomic E-state index is 13.7. The standard InChI is InChI=1S/C21H18F2N2O2/c1-26-20-9-7-15(13-24-25-18-5-3-2-4-6-18)11-16(20)14-27-21-10-8-17(22)12-19(21)23/h2-13,25H,14H2,1H3/b24-13+. The van der Waals surface area contributed by atoms with Gasteiger partial charge in [-0.1, -0.05) is 18.2 Å². The Labute approximate surface area is 156 Å². The number of anilines is 1. The predicted octanol–water partition coefficient (Wildman–Crippen LogP) is 5.00. The minimum absolute atomic E-state index is 0.0248. The number of hydrogen-bond donors (Lipinski definition) is 1. The van der Waals surface area contributed by atoms with Crippen molar-refractivity contribution in [1.82, 2.24) is 0 Å². The summed E-state index contributed by atoms with van der Waals surface area (Å²) in [6, 6.07) is 18.2. The van der Waals surface area contributed by atoms with E-state index in [9.17, 15) is 8.78 Å². The predicted molar refractivity (Wildman–Crippen MR) is 101 cm³/mol. The van der Waals surface area contributed by atoms with E-state index in [1.807, 2.05) is 42.5 Å². The number of methoxy groups -OCH3 is 1. The number of hydrazone groups is 1. The minimum atomic E-state index is -0.751. The van der Waals surface area contributed by atoms with Gasteiger partial charge in [0.15, 0.2) is 11.6 Å². The van der Waals surface area contributed by atoms with Gasteiger partial charge in [-0.2, -0.15) is 5.10 Å². The fraction of sp³-hybridized carbons (Fsp3) is 0.0952. The second kappa shape index (κ2) is 8.80. The van der Waals surface area contributed by atoms with E-state index >= 15 is 0 Å². The number of halogens is 2. The second-order valence-corrected chi connectivity index (χ2v) is 5.67. The van der Waals surface area contributed by atoms with E-state index in [1.165, 1.54) is 6.07 Å². The van der Waals surface area contributed by atoms with Crippen molar-refractivity contribution in [2.45, 2.75) is 6.61 Å². The minimum Gasteiger partial charge on any atom is -0.496 e. The van der Waals surface area contributed by atoms with Gasteiger partial charge in [-0.25, -0.2) is 8.78 Å². The normalized spacial score (nSPS) is 10.8. The van der Waals surface area contributed by atoms with Crippen LogP contribution in [0.15, 0.2) is 71.8 Å². The highest BCUT2D eigenvalue weighted by atomic mass is 19.1. The highest BCUT2D eigenvalue weighted by Crippen LogP contribution is 2.24. The first kappa shape index (κ1) is 18.4. The molecule has 0 heterocycles. The van der Waals surface area contributed by atoms with Gasteiger partial charge in [0.05, 0.1) is 19.0 Å². The summed E-state index contributed by atoms with van der Waals surface area (Å²) in [6.07, 6.45) is 1.66. The largest absolute Gasteiger partial charge is 0.496 e. The monoisotopic (exact) mass is 368 g/mol. The van der Waals surface area contributed by atoms with Crippen LogP contribution in [0.4, 0.5) is 14.5 Å². The number of nitrogens with zero attached hydrogens (tertiary/aromatic N) is 1. The van der Waals surface area contributed by atoms with E-state index in [4.69, 9.17) is 9.47 Å². The summed E-state index contributed by atoms with van der Waals surface area (Å²) in [6.45, 7) is 0.0690. The molecule has 3 aromatic rings. The molecule has 0 saturated carbocycles. The van der Waals surface area contributed by atoms with E-state index < -0.39 is 11.6 Å². The average Bonchev–Trinajstić information content (AvgIpc) is 2.68. The van der Waals surface area contributed by atoms with Crippen LogP contribution < -0.4 is 14.9 Å². The van der Waals surface area contributed by atoms with Crippen LogP contribution in [-0.4, -0.2) is 13.3 Å². The summed E-state index contributed by atoms with van der Waals surface area (Å²) in [4.78, 5) is 0. The van der Waals surface area contributed by atoms with Crippen molar-refractivity contribution in [1.29, 1.82) is 0 Å². The molecule has 0 atom stereocenters. The first-order valence-corrected chi connectivity index (χ1v) is 8.24. The summed E-state index contributed by atoms with van der Waals surface area (Å²) in [5.41, 5.74) is 5.34. The van der Waals surface area contributed by atoms with Crippen LogP contribution in [0.25, 0.3) is 0 Å². The zero-order valence-electron chi connectivity index (χ0n) is 14.7. The highest BCUT2D eigenvalue weighted by molar-refractivity contribution is 5.81. The van der Waals surface area contributed by atoms with Crippen LogP contribution in [0.5, 0.6) is 11.5 Å². The molecule has 3 aromatic carbocycles. The molecule has 0 amide bonds. The van der Waals surface area contributed by atoms with Crippen molar-refractivity contribution >= 4 is 11.9 Å². The maximum absolute atomic E-state index is 13.7. The smallest absolute Gasteiger partial charge is 0.167 e. The second-order valence-electron chi connectivity index (χ2n) is 5.67. The molecule has 0 aliphatic heterocycles. The molecule has 138 valence electrons. The molecule has 4 nitrogen and oxygen atoms in total. The first-order valence-electron chi connectivity index (χ1n) is 8.24. The molecule has 0 aliphatic rings. The van der Waals surface area contributed by atoms with Gasteiger partial charge in [0.1, 0.15) is 18.2 Å². The molecule has 0 radical (unpaired) electrons. The molecule has 0 bridgehead atoms. The Kier molecular flexibility index (Phi) is 5.99. The molecule has 0 saturated heterocycles. The Morgan fingerprint density at radius 3 is 2.48 bits per heavy atom. The molecule has 1 N–H and O–H groups in total.